The van der Waals surface area contributed by atoms with Gasteiger partial charge in [-0.15, -0.1) is 0 Å². The highest BCUT2D eigenvalue weighted by atomic mass is 16.5. The van der Waals surface area contributed by atoms with Crippen molar-refractivity contribution in [3.8, 4) is 5.75 Å². The lowest BCUT2D eigenvalue weighted by molar-refractivity contribution is 0.102. The van der Waals surface area contributed by atoms with E-state index in [4.69, 9.17) is 0 Å². The van der Waals surface area contributed by atoms with Crippen LogP contribution >= 0.6 is 0 Å². The van der Waals surface area contributed by atoms with E-state index in [0.717, 1.165) is 5.39 Å². The van der Waals surface area contributed by atoms with Gasteiger partial charge in [-0.1, -0.05) is 17.3 Å². The second-order valence-corrected chi connectivity index (χ2v) is 3.88. The summed E-state index contributed by atoms with van der Waals surface area (Å²) in [6.07, 6.45) is 2.90. The molecule has 1 amide bonds. The highest BCUT2D eigenvalue weighted by molar-refractivity contribution is 6.08. The van der Waals surface area contributed by atoms with E-state index < -0.39 is 5.91 Å². The summed E-state index contributed by atoms with van der Waals surface area (Å²) in [6, 6.07) is 8.33. The second-order valence-electron chi connectivity index (χ2n) is 3.88. The van der Waals surface area contributed by atoms with Gasteiger partial charge in [0, 0.05) is 17.6 Å². The van der Waals surface area contributed by atoms with Gasteiger partial charge in [-0.2, -0.15) is 0 Å². The summed E-state index contributed by atoms with van der Waals surface area (Å²) in [5.74, 6) is -0.344. The molecule has 2 N–H and O–H groups in total. The third-order valence-corrected chi connectivity index (χ3v) is 2.67. The van der Waals surface area contributed by atoms with Crippen molar-refractivity contribution in [2.75, 3.05) is 5.32 Å². The van der Waals surface area contributed by atoms with Gasteiger partial charge in [-0.25, -0.2) is 0 Å². The number of aromatic nitrogens is 2. The van der Waals surface area contributed by atoms with Crippen molar-refractivity contribution in [3.05, 3.63) is 48.4 Å². The van der Waals surface area contributed by atoms with Crippen molar-refractivity contribution in [2.24, 2.45) is 0 Å². The number of amides is 1. The van der Waals surface area contributed by atoms with Gasteiger partial charge < -0.3 is 14.9 Å². The molecular weight excluding hydrogens is 246 g/mol. The zero-order valence-corrected chi connectivity index (χ0v) is 9.70. The van der Waals surface area contributed by atoms with Gasteiger partial charge in [0.2, 0.25) is 0 Å². The normalized spacial score (nSPS) is 10.5. The predicted molar refractivity (Wildman–Crippen MR) is 67.9 cm³/mol. The van der Waals surface area contributed by atoms with Gasteiger partial charge in [0.1, 0.15) is 11.8 Å². The number of hydrogen-bond donors (Lipinski definition) is 2. The summed E-state index contributed by atoms with van der Waals surface area (Å²) in [5.41, 5.74) is 0.518. The maximum atomic E-state index is 12.0. The van der Waals surface area contributed by atoms with E-state index >= 15 is 0 Å². The minimum atomic E-state index is -0.473. The zero-order valence-electron chi connectivity index (χ0n) is 9.70. The molecule has 6 heteroatoms. The highest BCUT2D eigenvalue weighted by Crippen LogP contribution is 2.27. The molecule has 0 bridgehead atoms. The van der Waals surface area contributed by atoms with Crippen LogP contribution in [0.3, 0.4) is 0 Å². The summed E-state index contributed by atoms with van der Waals surface area (Å²) >= 11 is 0. The molecule has 0 atom stereocenters. The van der Waals surface area contributed by atoms with Gasteiger partial charge >= 0.3 is 0 Å². The Morgan fingerprint density at radius 1 is 1.26 bits per heavy atom. The molecule has 0 saturated carbocycles. The first-order chi connectivity index (χ1) is 9.25. The average molecular weight is 255 g/mol. The number of phenolic OH excluding ortho intramolecular Hbond substituents is 1. The Bertz CT molecular complexity index is 738. The molecule has 3 rings (SSSR count). The van der Waals surface area contributed by atoms with E-state index in [0.29, 0.717) is 5.52 Å². The Hall–Kier alpha value is -2.89. The van der Waals surface area contributed by atoms with Crippen molar-refractivity contribution in [3.63, 3.8) is 0 Å². The maximum absolute atomic E-state index is 12.0. The lowest BCUT2D eigenvalue weighted by Gasteiger charge is -2.06. The van der Waals surface area contributed by atoms with E-state index in [1.165, 1.54) is 18.4 Å². The lowest BCUT2D eigenvalue weighted by Crippen LogP contribution is -2.12. The molecule has 1 aromatic carbocycles. The van der Waals surface area contributed by atoms with Crippen LogP contribution in [0, 0.1) is 0 Å². The van der Waals surface area contributed by atoms with Crippen LogP contribution in [0.1, 0.15) is 10.4 Å². The van der Waals surface area contributed by atoms with Crippen LogP contribution in [0.15, 0.2) is 47.3 Å². The SMILES string of the molecule is O=C(Nc1ccon1)c1ccc2cccnc2c1O. The zero-order chi connectivity index (χ0) is 13.2. The quantitative estimate of drug-likeness (QED) is 0.732. The molecule has 2 heterocycles. The van der Waals surface area contributed by atoms with Crippen molar-refractivity contribution < 1.29 is 14.4 Å². The summed E-state index contributed by atoms with van der Waals surface area (Å²) < 4.78 is 4.61. The standard InChI is InChI=1S/C13H9N3O3/c17-12-9(13(18)15-10-5-7-19-16-10)4-3-8-2-1-6-14-11(8)12/h1-7,17H,(H,15,16,18). The van der Waals surface area contributed by atoms with Gasteiger partial charge in [0.05, 0.1) is 5.56 Å². The largest absolute Gasteiger partial charge is 0.505 e. The molecular formula is C13H9N3O3. The molecule has 0 aliphatic carbocycles. The number of carbonyl (C=O) groups is 1. The third kappa shape index (κ3) is 1.99. The topological polar surface area (TPSA) is 88.3 Å². The number of fused-ring (bicyclic) bond motifs is 1. The molecule has 94 valence electrons. The first-order valence-electron chi connectivity index (χ1n) is 5.54. The van der Waals surface area contributed by atoms with Crippen molar-refractivity contribution in [2.45, 2.75) is 0 Å². The Balaban J connectivity index is 2.01. The van der Waals surface area contributed by atoms with Crippen molar-refractivity contribution in [1.82, 2.24) is 10.1 Å². The first-order valence-corrected chi connectivity index (χ1v) is 5.54. The number of pyridine rings is 1. The number of phenols is 1. The molecule has 0 aliphatic heterocycles. The number of aromatic hydroxyl groups is 1. The number of hydrogen-bond acceptors (Lipinski definition) is 5. The van der Waals surface area contributed by atoms with Crippen molar-refractivity contribution >= 4 is 22.6 Å². The smallest absolute Gasteiger partial charge is 0.260 e. The number of rotatable bonds is 2. The van der Waals surface area contributed by atoms with Crippen LogP contribution in [-0.4, -0.2) is 21.2 Å². The second kappa shape index (κ2) is 4.41. The fourth-order valence-electron chi connectivity index (χ4n) is 1.77. The molecule has 0 spiro atoms. The van der Waals surface area contributed by atoms with Gasteiger partial charge in [0.25, 0.3) is 5.91 Å². The molecule has 19 heavy (non-hydrogen) atoms. The molecule has 0 unspecified atom stereocenters. The molecule has 0 saturated heterocycles. The number of benzene rings is 1. The first kappa shape index (κ1) is 11.2. The molecule has 2 aromatic heterocycles. The van der Waals surface area contributed by atoms with E-state index in [9.17, 15) is 9.90 Å². The van der Waals surface area contributed by atoms with E-state index in [1.807, 2.05) is 0 Å². The summed E-state index contributed by atoms with van der Waals surface area (Å²) in [5, 5.41) is 16.9. The lowest BCUT2D eigenvalue weighted by atomic mass is 10.1. The molecule has 3 aromatic rings. The number of anilines is 1. The molecule has 6 nitrogen and oxygen atoms in total. The van der Waals surface area contributed by atoms with Gasteiger partial charge in [-0.05, 0) is 12.1 Å². The summed E-state index contributed by atoms with van der Waals surface area (Å²) in [4.78, 5) is 16.1. The van der Waals surface area contributed by atoms with Crippen LogP contribution < -0.4 is 5.32 Å². The Morgan fingerprint density at radius 2 is 2.16 bits per heavy atom. The summed E-state index contributed by atoms with van der Waals surface area (Å²) in [6.45, 7) is 0. The molecule has 0 fully saturated rings. The average Bonchev–Trinajstić information content (AvgIpc) is 2.92. The minimum absolute atomic E-state index is 0.134. The molecule has 0 aliphatic rings. The fraction of sp³-hybridized carbons (Fsp3) is 0. The minimum Gasteiger partial charge on any atom is -0.505 e. The number of carbonyl (C=O) groups excluding carboxylic acids is 1. The highest BCUT2D eigenvalue weighted by Gasteiger charge is 2.15. The fourth-order valence-corrected chi connectivity index (χ4v) is 1.77. The molecule has 0 radical (unpaired) electrons. The van der Waals surface area contributed by atoms with Crippen LogP contribution in [0.4, 0.5) is 5.82 Å². The van der Waals surface area contributed by atoms with Crippen LogP contribution in [0.2, 0.25) is 0 Å². The monoisotopic (exact) mass is 255 g/mol. The van der Waals surface area contributed by atoms with E-state index in [2.05, 4.69) is 20.0 Å². The van der Waals surface area contributed by atoms with Gasteiger partial charge in [-0.3, -0.25) is 9.78 Å². The van der Waals surface area contributed by atoms with Crippen LogP contribution in [0.25, 0.3) is 10.9 Å². The van der Waals surface area contributed by atoms with Gasteiger partial charge in [0.15, 0.2) is 11.6 Å². The number of nitrogens with one attached hydrogen (secondary N) is 1. The third-order valence-electron chi connectivity index (χ3n) is 2.67. The van der Waals surface area contributed by atoms with Crippen molar-refractivity contribution in [1.29, 1.82) is 0 Å². The van der Waals surface area contributed by atoms with E-state index in [-0.39, 0.29) is 17.1 Å². The Kier molecular flexibility index (Phi) is 2.60. The number of nitrogens with zero attached hydrogens (tertiary/aromatic N) is 2. The van der Waals surface area contributed by atoms with Crippen LogP contribution in [0.5, 0.6) is 5.75 Å². The maximum Gasteiger partial charge on any atom is 0.260 e. The Labute approximate surface area is 107 Å². The van der Waals surface area contributed by atoms with E-state index in [1.54, 1.807) is 24.4 Å². The Morgan fingerprint density at radius 3 is 2.95 bits per heavy atom. The predicted octanol–water partition coefficient (Wildman–Crippen LogP) is 2.18. The van der Waals surface area contributed by atoms with Crippen LogP contribution in [-0.2, 0) is 0 Å². The summed E-state index contributed by atoms with van der Waals surface area (Å²) in [7, 11) is 0.